The van der Waals surface area contributed by atoms with E-state index in [0.717, 1.165) is 25.7 Å². The Morgan fingerprint density at radius 2 is 1.75 bits per heavy atom. The van der Waals surface area contributed by atoms with Crippen molar-refractivity contribution in [1.82, 2.24) is 14.7 Å². The molecule has 0 unspecified atom stereocenters. The maximum atomic E-state index is 12.6. The van der Waals surface area contributed by atoms with E-state index in [9.17, 15) is 8.42 Å². The highest BCUT2D eigenvalue weighted by Crippen LogP contribution is 2.32. The fourth-order valence-corrected chi connectivity index (χ4v) is 5.43. The molecule has 128 valence electrons. The van der Waals surface area contributed by atoms with Crippen LogP contribution in [0.15, 0.2) is 52.8 Å². The summed E-state index contributed by atoms with van der Waals surface area (Å²) < 4.78 is 28.1. The van der Waals surface area contributed by atoms with Crippen LogP contribution in [0.2, 0.25) is 5.02 Å². The Kier molecular flexibility index (Phi) is 5.76. The predicted molar refractivity (Wildman–Crippen MR) is 95.7 cm³/mol. The zero-order valence-electron chi connectivity index (χ0n) is 12.9. The molecule has 0 saturated heterocycles. The van der Waals surface area contributed by atoms with Crippen molar-refractivity contribution in [3.05, 3.63) is 47.7 Å². The van der Waals surface area contributed by atoms with Crippen LogP contribution in [0.3, 0.4) is 0 Å². The van der Waals surface area contributed by atoms with Crippen molar-refractivity contribution in [1.29, 1.82) is 0 Å². The molecule has 8 heteroatoms. The highest BCUT2D eigenvalue weighted by atomic mass is 35.5. The minimum atomic E-state index is -3.56. The molecule has 1 saturated carbocycles. The highest BCUT2D eigenvalue weighted by Gasteiger charge is 2.30. The zero-order chi connectivity index (χ0) is 17.0. The van der Waals surface area contributed by atoms with Gasteiger partial charge in [0, 0.05) is 28.7 Å². The maximum absolute atomic E-state index is 12.6. The van der Waals surface area contributed by atoms with E-state index in [-0.39, 0.29) is 16.2 Å². The van der Waals surface area contributed by atoms with Gasteiger partial charge in [0.1, 0.15) is 0 Å². The summed E-state index contributed by atoms with van der Waals surface area (Å²) in [5.74, 6) is 0. The molecule has 1 aromatic carbocycles. The summed E-state index contributed by atoms with van der Waals surface area (Å²) in [4.78, 5) is 8.70. The number of benzene rings is 1. The van der Waals surface area contributed by atoms with Crippen LogP contribution in [0.25, 0.3) is 0 Å². The van der Waals surface area contributed by atoms with Gasteiger partial charge < -0.3 is 0 Å². The molecule has 2 aromatic rings. The summed E-state index contributed by atoms with van der Waals surface area (Å²) in [6.07, 6.45) is 7.26. The second-order valence-corrected chi connectivity index (χ2v) is 9.01. The summed E-state index contributed by atoms with van der Waals surface area (Å²) in [5.41, 5.74) is 0. The Hall–Kier alpha value is -1.15. The van der Waals surface area contributed by atoms with E-state index in [4.69, 9.17) is 11.6 Å². The average molecular weight is 384 g/mol. The molecule has 1 N–H and O–H groups in total. The van der Waals surface area contributed by atoms with Crippen molar-refractivity contribution in [2.45, 2.75) is 47.0 Å². The van der Waals surface area contributed by atoms with Gasteiger partial charge in [0.25, 0.3) is 0 Å². The summed E-state index contributed by atoms with van der Waals surface area (Å²) in [6, 6.07) is 7.85. The second-order valence-electron chi connectivity index (χ2n) is 5.65. The number of halogens is 1. The number of aromatic nitrogens is 2. The third kappa shape index (κ3) is 4.47. The van der Waals surface area contributed by atoms with Crippen molar-refractivity contribution in [2.24, 2.45) is 0 Å². The second kappa shape index (κ2) is 7.82. The normalized spacial score (nSPS) is 21.5. The van der Waals surface area contributed by atoms with Gasteiger partial charge in [-0.15, -0.1) is 0 Å². The predicted octanol–water partition coefficient (Wildman–Crippen LogP) is 3.51. The molecule has 0 aliphatic heterocycles. The van der Waals surface area contributed by atoms with E-state index in [1.54, 1.807) is 42.4 Å². The lowest BCUT2D eigenvalue weighted by Crippen LogP contribution is -2.43. The van der Waals surface area contributed by atoms with E-state index in [2.05, 4.69) is 14.7 Å². The molecular weight excluding hydrogens is 366 g/mol. The topological polar surface area (TPSA) is 72.0 Å². The van der Waals surface area contributed by atoms with E-state index in [1.165, 1.54) is 12.1 Å². The van der Waals surface area contributed by atoms with Gasteiger partial charge in [-0.05, 0) is 43.2 Å². The number of thioether (sulfide) groups is 1. The third-order valence-electron chi connectivity index (χ3n) is 3.93. The Bertz CT molecular complexity index is 770. The Labute approximate surface area is 151 Å². The van der Waals surface area contributed by atoms with Gasteiger partial charge >= 0.3 is 0 Å². The Balaban J connectivity index is 1.74. The summed E-state index contributed by atoms with van der Waals surface area (Å²) in [5, 5.41) is 1.32. The summed E-state index contributed by atoms with van der Waals surface area (Å²) in [7, 11) is -3.56. The SMILES string of the molecule is O=S(=O)(N[C@@H]1CCCC[C@H]1Sc1ncccn1)c1ccc(Cl)cc1. The minimum Gasteiger partial charge on any atom is -0.231 e. The number of sulfonamides is 1. The Morgan fingerprint density at radius 1 is 1.08 bits per heavy atom. The van der Waals surface area contributed by atoms with Gasteiger partial charge in [0.05, 0.1) is 4.90 Å². The average Bonchev–Trinajstić information content (AvgIpc) is 2.58. The van der Waals surface area contributed by atoms with E-state index in [1.807, 2.05) is 0 Å². The van der Waals surface area contributed by atoms with Crippen LogP contribution in [0, 0.1) is 0 Å². The molecule has 0 bridgehead atoms. The highest BCUT2D eigenvalue weighted by molar-refractivity contribution is 7.99. The number of hydrogen-bond acceptors (Lipinski definition) is 5. The quantitative estimate of drug-likeness (QED) is 0.800. The number of rotatable bonds is 5. The zero-order valence-corrected chi connectivity index (χ0v) is 15.3. The summed E-state index contributed by atoms with van der Waals surface area (Å²) >= 11 is 7.38. The lowest BCUT2D eigenvalue weighted by Gasteiger charge is -2.30. The molecule has 0 amide bonds. The molecule has 2 atom stereocenters. The third-order valence-corrected chi connectivity index (χ3v) is 6.98. The lowest BCUT2D eigenvalue weighted by atomic mass is 9.96. The first-order chi connectivity index (χ1) is 11.5. The molecule has 1 fully saturated rings. The van der Waals surface area contributed by atoms with E-state index >= 15 is 0 Å². The lowest BCUT2D eigenvalue weighted by molar-refractivity contribution is 0.422. The largest absolute Gasteiger partial charge is 0.240 e. The van der Waals surface area contributed by atoms with Crippen LogP contribution in [0.1, 0.15) is 25.7 Å². The van der Waals surface area contributed by atoms with Crippen molar-refractivity contribution < 1.29 is 8.42 Å². The molecular formula is C16H18ClN3O2S2. The van der Waals surface area contributed by atoms with Crippen molar-refractivity contribution in [2.75, 3.05) is 0 Å². The molecule has 1 aromatic heterocycles. The fourth-order valence-electron chi connectivity index (χ4n) is 2.74. The molecule has 3 rings (SSSR count). The van der Waals surface area contributed by atoms with E-state index in [0.29, 0.717) is 10.2 Å². The van der Waals surface area contributed by atoms with Crippen molar-refractivity contribution >= 4 is 33.4 Å². The van der Waals surface area contributed by atoms with Crippen molar-refractivity contribution in [3.63, 3.8) is 0 Å². The van der Waals surface area contributed by atoms with Gasteiger partial charge in [0.15, 0.2) is 5.16 Å². The standard InChI is InChI=1S/C16H18ClN3O2S2/c17-12-6-8-13(9-7-12)24(21,22)20-14-4-1-2-5-15(14)23-16-18-10-3-11-19-16/h3,6-11,14-15,20H,1-2,4-5H2/t14-,15-/m1/s1. The molecule has 1 aliphatic carbocycles. The number of nitrogens with zero attached hydrogens (tertiary/aromatic N) is 2. The molecule has 5 nitrogen and oxygen atoms in total. The van der Waals surface area contributed by atoms with Gasteiger partial charge in [-0.3, -0.25) is 0 Å². The van der Waals surface area contributed by atoms with Gasteiger partial charge in [-0.25, -0.2) is 23.1 Å². The Morgan fingerprint density at radius 3 is 2.46 bits per heavy atom. The van der Waals surface area contributed by atoms with Crippen LogP contribution in [0.5, 0.6) is 0 Å². The van der Waals surface area contributed by atoms with Gasteiger partial charge in [0.2, 0.25) is 10.0 Å². The number of hydrogen-bond donors (Lipinski definition) is 1. The van der Waals surface area contributed by atoms with Gasteiger partial charge in [-0.2, -0.15) is 0 Å². The van der Waals surface area contributed by atoms with Crippen LogP contribution in [-0.2, 0) is 10.0 Å². The monoisotopic (exact) mass is 383 g/mol. The van der Waals surface area contributed by atoms with Crippen molar-refractivity contribution in [3.8, 4) is 0 Å². The first-order valence-electron chi connectivity index (χ1n) is 7.76. The molecule has 24 heavy (non-hydrogen) atoms. The minimum absolute atomic E-state index is 0.128. The fraction of sp³-hybridized carbons (Fsp3) is 0.375. The smallest absolute Gasteiger partial charge is 0.231 e. The van der Waals surface area contributed by atoms with E-state index < -0.39 is 10.0 Å². The van der Waals surface area contributed by atoms with Crippen LogP contribution < -0.4 is 4.72 Å². The van der Waals surface area contributed by atoms with Gasteiger partial charge in [-0.1, -0.05) is 36.2 Å². The summed E-state index contributed by atoms with van der Waals surface area (Å²) in [6.45, 7) is 0. The molecule has 0 radical (unpaired) electrons. The van der Waals surface area contributed by atoms with Crippen LogP contribution in [0.4, 0.5) is 0 Å². The maximum Gasteiger partial charge on any atom is 0.240 e. The molecule has 0 spiro atoms. The first kappa shape index (κ1) is 17.7. The van der Waals surface area contributed by atoms with Crippen LogP contribution >= 0.6 is 23.4 Å². The molecule has 1 heterocycles. The van der Waals surface area contributed by atoms with Crippen LogP contribution in [-0.4, -0.2) is 29.7 Å². The molecule has 1 aliphatic rings. The first-order valence-corrected chi connectivity index (χ1v) is 10.5. The number of nitrogens with one attached hydrogen (secondary N) is 1.